The average Bonchev–Trinajstić information content (AvgIpc) is 2.40. The van der Waals surface area contributed by atoms with Gasteiger partial charge >= 0.3 is 0 Å². The standard InChI is InChI=1S/C16H22N2/c1-3-5-7-12(4-2)14-9-6-8-13-10-11-15(17)18-16(13)14/h6,8-12H,3-5,7H2,1-2H3,(H2,17,18). The summed E-state index contributed by atoms with van der Waals surface area (Å²) >= 11 is 0. The van der Waals surface area contributed by atoms with Gasteiger partial charge in [0.05, 0.1) is 5.52 Å². The van der Waals surface area contributed by atoms with Crippen LogP contribution in [0.1, 0.15) is 51.0 Å². The first-order chi connectivity index (χ1) is 8.76. The van der Waals surface area contributed by atoms with Crippen LogP contribution in [0.2, 0.25) is 0 Å². The van der Waals surface area contributed by atoms with Crippen LogP contribution in [0.4, 0.5) is 5.82 Å². The molecule has 96 valence electrons. The zero-order chi connectivity index (χ0) is 13.0. The van der Waals surface area contributed by atoms with Gasteiger partial charge in [-0.05, 0) is 36.5 Å². The van der Waals surface area contributed by atoms with Crippen molar-refractivity contribution in [2.45, 2.75) is 45.4 Å². The van der Waals surface area contributed by atoms with Crippen LogP contribution in [0, 0.1) is 0 Å². The number of nitrogens with two attached hydrogens (primary N) is 1. The average molecular weight is 242 g/mol. The summed E-state index contributed by atoms with van der Waals surface area (Å²) in [5.74, 6) is 1.21. The molecule has 1 aromatic carbocycles. The Bertz CT molecular complexity index is 519. The van der Waals surface area contributed by atoms with Gasteiger partial charge in [-0.2, -0.15) is 0 Å². The van der Waals surface area contributed by atoms with E-state index in [2.05, 4.69) is 43.1 Å². The van der Waals surface area contributed by atoms with Gasteiger partial charge < -0.3 is 5.73 Å². The van der Waals surface area contributed by atoms with Gasteiger partial charge in [-0.25, -0.2) is 4.98 Å². The fourth-order valence-corrected chi connectivity index (χ4v) is 2.54. The number of para-hydroxylation sites is 1. The van der Waals surface area contributed by atoms with E-state index < -0.39 is 0 Å². The van der Waals surface area contributed by atoms with Crippen LogP contribution in [-0.4, -0.2) is 4.98 Å². The molecule has 2 N–H and O–H groups in total. The highest BCUT2D eigenvalue weighted by Gasteiger charge is 2.13. The van der Waals surface area contributed by atoms with Crippen molar-refractivity contribution in [1.29, 1.82) is 0 Å². The molecule has 0 aliphatic carbocycles. The Morgan fingerprint density at radius 2 is 2.00 bits per heavy atom. The minimum atomic E-state index is 0.600. The Morgan fingerprint density at radius 3 is 2.72 bits per heavy atom. The normalized spacial score (nSPS) is 12.8. The maximum Gasteiger partial charge on any atom is 0.124 e. The van der Waals surface area contributed by atoms with Crippen LogP contribution in [0.25, 0.3) is 10.9 Å². The number of benzene rings is 1. The third kappa shape index (κ3) is 2.63. The van der Waals surface area contributed by atoms with Crippen molar-refractivity contribution in [1.82, 2.24) is 4.98 Å². The smallest absolute Gasteiger partial charge is 0.124 e. The molecule has 0 spiro atoms. The van der Waals surface area contributed by atoms with Crippen molar-refractivity contribution in [2.75, 3.05) is 5.73 Å². The molecule has 1 atom stereocenters. The number of hydrogen-bond donors (Lipinski definition) is 1. The maximum atomic E-state index is 5.82. The summed E-state index contributed by atoms with van der Waals surface area (Å²) in [6.45, 7) is 4.50. The Labute approximate surface area is 109 Å². The van der Waals surface area contributed by atoms with Crippen molar-refractivity contribution in [3.8, 4) is 0 Å². The molecule has 0 aliphatic rings. The number of anilines is 1. The Kier molecular flexibility index (Phi) is 4.19. The Hall–Kier alpha value is -1.57. The number of rotatable bonds is 5. The molecule has 2 nitrogen and oxygen atoms in total. The van der Waals surface area contributed by atoms with E-state index in [0.29, 0.717) is 11.7 Å². The van der Waals surface area contributed by atoms with Crippen LogP contribution < -0.4 is 5.73 Å². The maximum absolute atomic E-state index is 5.82. The largest absolute Gasteiger partial charge is 0.384 e. The van der Waals surface area contributed by atoms with Crippen molar-refractivity contribution in [3.63, 3.8) is 0 Å². The summed E-state index contributed by atoms with van der Waals surface area (Å²) in [5.41, 5.74) is 8.26. The van der Waals surface area contributed by atoms with Gasteiger partial charge in [-0.3, -0.25) is 0 Å². The van der Waals surface area contributed by atoms with Gasteiger partial charge in [-0.15, -0.1) is 0 Å². The number of fused-ring (bicyclic) bond motifs is 1. The van der Waals surface area contributed by atoms with E-state index in [4.69, 9.17) is 5.73 Å². The van der Waals surface area contributed by atoms with Gasteiger partial charge in [0.25, 0.3) is 0 Å². The Morgan fingerprint density at radius 1 is 1.17 bits per heavy atom. The van der Waals surface area contributed by atoms with Crippen LogP contribution >= 0.6 is 0 Å². The molecule has 1 aromatic heterocycles. The van der Waals surface area contributed by atoms with Crippen LogP contribution in [0.15, 0.2) is 30.3 Å². The number of nitrogen functional groups attached to an aromatic ring is 1. The number of hydrogen-bond acceptors (Lipinski definition) is 2. The summed E-state index contributed by atoms with van der Waals surface area (Å²) in [6.07, 6.45) is 4.92. The number of nitrogens with zero attached hydrogens (tertiary/aromatic N) is 1. The van der Waals surface area contributed by atoms with Crippen LogP contribution in [0.3, 0.4) is 0 Å². The summed E-state index contributed by atoms with van der Waals surface area (Å²) in [5, 5.41) is 1.19. The van der Waals surface area contributed by atoms with E-state index in [1.54, 1.807) is 0 Å². The van der Waals surface area contributed by atoms with E-state index in [1.807, 2.05) is 6.07 Å². The molecule has 1 unspecified atom stereocenters. The highest BCUT2D eigenvalue weighted by atomic mass is 14.8. The first-order valence-corrected chi connectivity index (χ1v) is 6.91. The van der Waals surface area contributed by atoms with Crippen molar-refractivity contribution >= 4 is 16.7 Å². The second kappa shape index (κ2) is 5.85. The minimum absolute atomic E-state index is 0.600. The second-order valence-corrected chi connectivity index (χ2v) is 4.90. The molecule has 0 saturated carbocycles. The number of aromatic nitrogens is 1. The van der Waals surface area contributed by atoms with Gasteiger partial charge in [0.1, 0.15) is 5.82 Å². The van der Waals surface area contributed by atoms with Gasteiger partial charge in [0.2, 0.25) is 0 Å². The molecule has 0 amide bonds. The summed E-state index contributed by atoms with van der Waals surface area (Å²) in [7, 11) is 0. The van der Waals surface area contributed by atoms with E-state index in [1.165, 1.54) is 30.2 Å². The summed E-state index contributed by atoms with van der Waals surface area (Å²) in [6, 6.07) is 10.4. The predicted octanol–water partition coefficient (Wildman–Crippen LogP) is 4.50. The third-order valence-corrected chi connectivity index (χ3v) is 3.61. The quantitative estimate of drug-likeness (QED) is 0.838. The second-order valence-electron chi connectivity index (χ2n) is 4.90. The lowest BCUT2D eigenvalue weighted by atomic mass is 9.89. The molecule has 18 heavy (non-hydrogen) atoms. The fourth-order valence-electron chi connectivity index (χ4n) is 2.54. The van der Waals surface area contributed by atoms with Crippen molar-refractivity contribution in [3.05, 3.63) is 35.9 Å². The van der Waals surface area contributed by atoms with E-state index in [-0.39, 0.29) is 0 Å². The fraction of sp³-hybridized carbons (Fsp3) is 0.438. The molecule has 0 saturated heterocycles. The van der Waals surface area contributed by atoms with Crippen molar-refractivity contribution in [2.24, 2.45) is 0 Å². The molecular weight excluding hydrogens is 220 g/mol. The molecule has 2 rings (SSSR count). The van der Waals surface area contributed by atoms with Crippen LogP contribution in [0.5, 0.6) is 0 Å². The minimum Gasteiger partial charge on any atom is -0.384 e. The summed E-state index contributed by atoms with van der Waals surface area (Å²) < 4.78 is 0. The highest BCUT2D eigenvalue weighted by Crippen LogP contribution is 2.30. The van der Waals surface area contributed by atoms with E-state index in [0.717, 1.165) is 11.9 Å². The first-order valence-electron chi connectivity index (χ1n) is 6.91. The lowest BCUT2D eigenvalue weighted by molar-refractivity contribution is 0.572. The van der Waals surface area contributed by atoms with Gasteiger partial charge in [0.15, 0.2) is 0 Å². The monoisotopic (exact) mass is 242 g/mol. The molecule has 0 fully saturated rings. The zero-order valence-corrected chi connectivity index (χ0v) is 11.3. The predicted molar refractivity (Wildman–Crippen MR) is 78.7 cm³/mol. The van der Waals surface area contributed by atoms with Crippen molar-refractivity contribution < 1.29 is 0 Å². The molecule has 0 aliphatic heterocycles. The van der Waals surface area contributed by atoms with E-state index in [9.17, 15) is 0 Å². The molecule has 0 bridgehead atoms. The molecule has 0 radical (unpaired) electrons. The topological polar surface area (TPSA) is 38.9 Å². The van der Waals surface area contributed by atoms with E-state index >= 15 is 0 Å². The van der Waals surface area contributed by atoms with Gasteiger partial charge in [-0.1, -0.05) is 44.9 Å². The molecule has 2 aromatic rings. The SMILES string of the molecule is CCCCC(CC)c1cccc2ccc(N)nc12. The first kappa shape index (κ1) is 12.9. The highest BCUT2D eigenvalue weighted by molar-refractivity contribution is 5.83. The molecule has 2 heteroatoms. The molecule has 1 heterocycles. The number of unbranched alkanes of at least 4 members (excludes halogenated alkanes) is 1. The Balaban J connectivity index is 2.44. The van der Waals surface area contributed by atoms with Gasteiger partial charge in [0, 0.05) is 5.39 Å². The number of pyridine rings is 1. The molecular formula is C16H22N2. The summed E-state index contributed by atoms with van der Waals surface area (Å²) in [4.78, 5) is 4.53. The lowest BCUT2D eigenvalue weighted by Gasteiger charge is -2.16. The van der Waals surface area contributed by atoms with Crippen LogP contribution in [-0.2, 0) is 0 Å². The third-order valence-electron chi connectivity index (χ3n) is 3.61. The lowest BCUT2D eigenvalue weighted by Crippen LogP contribution is -2.01. The zero-order valence-electron chi connectivity index (χ0n) is 11.3.